The van der Waals surface area contributed by atoms with E-state index >= 15 is 0 Å². The summed E-state index contributed by atoms with van der Waals surface area (Å²) in [6.07, 6.45) is 6.97. The summed E-state index contributed by atoms with van der Waals surface area (Å²) < 4.78 is 0. The Kier molecular flexibility index (Phi) is 8.09. The molecule has 0 heteroatoms. The zero-order valence-electron chi connectivity index (χ0n) is 40.4. The van der Waals surface area contributed by atoms with Crippen LogP contribution in [0.25, 0.3) is 116 Å². The third-order valence-corrected chi connectivity index (χ3v) is 17.5. The fraction of sp³-hybridized carbons (Fsp3) is 0.0833. The molecule has 16 rings (SSSR count). The van der Waals surface area contributed by atoms with Crippen molar-refractivity contribution in [2.24, 2.45) is 0 Å². The number of hydrogen-bond acceptors (Lipinski definition) is 0. The average Bonchev–Trinajstić information content (AvgIpc) is 4.01. The molecular formula is C72H48. The molecule has 72 heavy (non-hydrogen) atoms. The molecule has 12 aromatic carbocycles. The summed E-state index contributed by atoms with van der Waals surface area (Å²) in [7, 11) is 0. The van der Waals surface area contributed by atoms with Crippen LogP contribution in [0.3, 0.4) is 0 Å². The van der Waals surface area contributed by atoms with Crippen LogP contribution < -0.4 is 0 Å². The van der Waals surface area contributed by atoms with Gasteiger partial charge in [-0.05, 0) is 179 Å². The third kappa shape index (κ3) is 5.11. The molecule has 0 aliphatic heterocycles. The second kappa shape index (κ2) is 14.5. The molecule has 4 aliphatic carbocycles. The molecule has 0 fully saturated rings. The SMILES string of the molecule is CC1(C)c2ccccc2-c2ccc(-c3c4ccccc4c(-c4ccc(-c5ccc6c7c(c8ccccc8c6c5)-c5c(ccc6c5C=CCC6)C75c6ccccc6-c6ccccc65)cc4)c4ccccc34)cc21. The van der Waals surface area contributed by atoms with Gasteiger partial charge in [-0.3, -0.25) is 0 Å². The van der Waals surface area contributed by atoms with E-state index in [2.05, 4.69) is 244 Å². The van der Waals surface area contributed by atoms with Gasteiger partial charge in [0.05, 0.1) is 5.41 Å². The molecule has 12 aromatic rings. The smallest absolute Gasteiger partial charge is 0.0731 e. The molecule has 336 valence electrons. The lowest BCUT2D eigenvalue weighted by atomic mass is 9.68. The largest absolute Gasteiger partial charge is 0.0836 e. The Bertz CT molecular complexity index is 4300. The van der Waals surface area contributed by atoms with Crippen molar-refractivity contribution in [2.45, 2.75) is 37.5 Å². The van der Waals surface area contributed by atoms with Gasteiger partial charge >= 0.3 is 0 Å². The fourth-order valence-corrected chi connectivity index (χ4v) is 14.5. The van der Waals surface area contributed by atoms with Gasteiger partial charge in [0.15, 0.2) is 0 Å². The number of aryl methyl sites for hydroxylation is 1. The topological polar surface area (TPSA) is 0 Å². The molecule has 0 bridgehead atoms. The Labute approximate surface area is 420 Å². The zero-order chi connectivity index (χ0) is 47.5. The lowest BCUT2D eigenvalue weighted by molar-refractivity contribution is 0.660. The van der Waals surface area contributed by atoms with E-state index in [1.807, 2.05) is 0 Å². The molecule has 0 atom stereocenters. The third-order valence-electron chi connectivity index (χ3n) is 17.5. The molecule has 0 unspecified atom stereocenters. The fourth-order valence-electron chi connectivity index (χ4n) is 14.5. The van der Waals surface area contributed by atoms with Gasteiger partial charge in [-0.1, -0.05) is 232 Å². The van der Waals surface area contributed by atoms with Gasteiger partial charge in [-0.25, -0.2) is 0 Å². The summed E-state index contributed by atoms with van der Waals surface area (Å²) in [5, 5.41) is 10.4. The van der Waals surface area contributed by atoms with Crippen molar-refractivity contribution < 1.29 is 0 Å². The Balaban J connectivity index is 0.878. The van der Waals surface area contributed by atoms with Crippen LogP contribution in [0.2, 0.25) is 0 Å². The summed E-state index contributed by atoms with van der Waals surface area (Å²) in [6, 6.07) is 83.6. The predicted molar refractivity (Wildman–Crippen MR) is 304 cm³/mol. The highest BCUT2D eigenvalue weighted by atomic mass is 14.5. The first-order valence-electron chi connectivity index (χ1n) is 25.8. The van der Waals surface area contributed by atoms with Crippen LogP contribution in [0, 0.1) is 0 Å². The van der Waals surface area contributed by atoms with Gasteiger partial charge in [0.1, 0.15) is 0 Å². The summed E-state index contributed by atoms with van der Waals surface area (Å²) in [5.74, 6) is 0. The number of hydrogen-bond donors (Lipinski definition) is 0. The Morgan fingerprint density at radius 1 is 0.319 bits per heavy atom. The van der Waals surface area contributed by atoms with Crippen LogP contribution in [0.1, 0.15) is 64.8 Å². The Morgan fingerprint density at radius 2 is 0.819 bits per heavy atom. The summed E-state index contributed by atoms with van der Waals surface area (Å²) >= 11 is 0. The van der Waals surface area contributed by atoms with Gasteiger partial charge in [-0.15, -0.1) is 0 Å². The minimum absolute atomic E-state index is 0.0762. The van der Waals surface area contributed by atoms with E-state index in [1.165, 1.54) is 154 Å². The van der Waals surface area contributed by atoms with Crippen molar-refractivity contribution in [3.05, 3.63) is 269 Å². The summed E-state index contributed by atoms with van der Waals surface area (Å²) in [5.41, 5.74) is 26.5. The minimum Gasteiger partial charge on any atom is -0.0836 e. The molecule has 1 spiro atoms. The van der Waals surface area contributed by atoms with E-state index in [4.69, 9.17) is 0 Å². The van der Waals surface area contributed by atoms with E-state index in [0.29, 0.717) is 0 Å². The molecule has 0 saturated carbocycles. The summed E-state index contributed by atoms with van der Waals surface area (Å²) in [4.78, 5) is 0. The van der Waals surface area contributed by atoms with Crippen molar-refractivity contribution in [2.75, 3.05) is 0 Å². The van der Waals surface area contributed by atoms with E-state index in [1.54, 1.807) is 0 Å². The number of fused-ring (bicyclic) bond motifs is 22. The first kappa shape index (κ1) is 40.2. The van der Waals surface area contributed by atoms with E-state index in [-0.39, 0.29) is 5.41 Å². The maximum Gasteiger partial charge on any atom is 0.0731 e. The van der Waals surface area contributed by atoms with Crippen molar-refractivity contribution in [3.8, 4) is 66.8 Å². The molecule has 0 aromatic heterocycles. The summed E-state index contributed by atoms with van der Waals surface area (Å²) in [6.45, 7) is 4.76. The quantitative estimate of drug-likeness (QED) is 0.122. The Morgan fingerprint density at radius 3 is 1.47 bits per heavy atom. The molecule has 0 heterocycles. The van der Waals surface area contributed by atoms with Crippen LogP contribution in [-0.2, 0) is 17.3 Å². The van der Waals surface area contributed by atoms with Crippen LogP contribution in [0.5, 0.6) is 0 Å². The maximum atomic E-state index is 2.50. The lowest BCUT2D eigenvalue weighted by Crippen LogP contribution is -2.26. The van der Waals surface area contributed by atoms with E-state index in [9.17, 15) is 0 Å². The Hall–Kier alpha value is -8.58. The highest BCUT2D eigenvalue weighted by Crippen LogP contribution is 2.66. The normalized spacial score (nSPS) is 14.9. The van der Waals surface area contributed by atoms with Crippen molar-refractivity contribution >= 4 is 49.2 Å². The molecule has 0 nitrogen and oxygen atoms in total. The average molecular weight is 913 g/mol. The second-order valence-corrected chi connectivity index (χ2v) is 21.2. The number of rotatable bonds is 3. The molecule has 4 aliphatic rings. The van der Waals surface area contributed by atoms with Crippen LogP contribution in [0.4, 0.5) is 0 Å². The van der Waals surface area contributed by atoms with Crippen molar-refractivity contribution in [1.29, 1.82) is 0 Å². The van der Waals surface area contributed by atoms with Crippen molar-refractivity contribution in [3.63, 3.8) is 0 Å². The van der Waals surface area contributed by atoms with Crippen LogP contribution in [-0.4, -0.2) is 0 Å². The molecule has 0 saturated heterocycles. The number of benzene rings is 12. The molecule has 0 amide bonds. The number of allylic oxidation sites excluding steroid dienone is 1. The van der Waals surface area contributed by atoms with Gasteiger partial charge in [0.2, 0.25) is 0 Å². The van der Waals surface area contributed by atoms with E-state index in [0.717, 1.165) is 12.8 Å². The van der Waals surface area contributed by atoms with Gasteiger partial charge in [0.25, 0.3) is 0 Å². The zero-order valence-corrected chi connectivity index (χ0v) is 40.4. The minimum atomic E-state index is -0.451. The molecule has 0 N–H and O–H groups in total. The highest BCUT2D eigenvalue weighted by Gasteiger charge is 2.53. The predicted octanol–water partition coefficient (Wildman–Crippen LogP) is 18.9. The van der Waals surface area contributed by atoms with Crippen LogP contribution >= 0.6 is 0 Å². The molecule has 0 radical (unpaired) electrons. The van der Waals surface area contributed by atoms with Gasteiger partial charge < -0.3 is 0 Å². The standard InChI is InChI=1S/C72H48/c1-71(2)61-28-14-11-20-50(61)53-38-36-47(42-65(53)71)67-57-26-9-7-24-55(57)66(56-25-8-10-27-58(56)67)45-33-31-43(32-34-45)46-35-39-59-60(41-46)49-19-5-6-23-54(49)69-68-48-18-4-3-17-44(48)37-40-64(68)72(70(59)69)62-29-15-12-21-51(62)52-22-13-16-30-63(52)72/h4-16,18-42H,3,17H2,1-2H3. The monoisotopic (exact) mass is 912 g/mol. The van der Waals surface area contributed by atoms with Crippen LogP contribution in [0.15, 0.2) is 224 Å². The molecular weight excluding hydrogens is 865 g/mol. The van der Waals surface area contributed by atoms with E-state index < -0.39 is 5.41 Å². The first-order valence-corrected chi connectivity index (χ1v) is 25.8. The second-order valence-electron chi connectivity index (χ2n) is 21.2. The first-order chi connectivity index (χ1) is 35.5. The lowest BCUT2D eigenvalue weighted by Gasteiger charge is -2.32. The highest BCUT2D eigenvalue weighted by molar-refractivity contribution is 6.23. The van der Waals surface area contributed by atoms with Gasteiger partial charge in [0, 0.05) is 5.41 Å². The van der Waals surface area contributed by atoms with Crippen molar-refractivity contribution in [1.82, 2.24) is 0 Å². The van der Waals surface area contributed by atoms with Gasteiger partial charge in [-0.2, -0.15) is 0 Å². The maximum absolute atomic E-state index is 2.50.